The van der Waals surface area contributed by atoms with Crippen molar-refractivity contribution in [3.8, 4) is 0 Å². The van der Waals surface area contributed by atoms with Crippen LogP contribution < -0.4 is 5.32 Å². The third-order valence-corrected chi connectivity index (χ3v) is 3.40. The second-order valence-corrected chi connectivity index (χ2v) is 6.51. The number of thioether (sulfide) groups is 1. The van der Waals surface area contributed by atoms with E-state index in [1.54, 1.807) is 0 Å². The van der Waals surface area contributed by atoms with Gasteiger partial charge in [0.1, 0.15) is 0 Å². The lowest BCUT2D eigenvalue weighted by atomic mass is 9.94. The molecule has 0 spiro atoms. The molecule has 0 amide bonds. The first kappa shape index (κ1) is 13.6. The zero-order chi connectivity index (χ0) is 12.0. The van der Waals surface area contributed by atoms with Crippen LogP contribution >= 0.6 is 11.8 Å². The van der Waals surface area contributed by atoms with Crippen molar-refractivity contribution >= 4 is 11.8 Å². The van der Waals surface area contributed by atoms with E-state index in [9.17, 15) is 0 Å². The molecular weight excluding hydrogens is 214 g/mol. The lowest BCUT2D eigenvalue weighted by Crippen LogP contribution is -2.06. The van der Waals surface area contributed by atoms with Crippen LogP contribution in [0.1, 0.15) is 32.8 Å². The van der Waals surface area contributed by atoms with Gasteiger partial charge in [-0.1, -0.05) is 32.9 Å². The molecule has 1 aromatic carbocycles. The van der Waals surface area contributed by atoms with E-state index in [2.05, 4.69) is 50.4 Å². The van der Waals surface area contributed by atoms with Crippen molar-refractivity contribution in [2.45, 2.75) is 38.6 Å². The topological polar surface area (TPSA) is 12.0 Å². The molecule has 0 aliphatic rings. The van der Waals surface area contributed by atoms with Gasteiger partial charge in [-0.2, -0.15) is 0 Å². The van der Waals surface area contributed by atoms with Crippen LogP contribution in [0.3, 0.4) is 0 Å². The largest absolute Gasteiger partial charge is 0.316 e. The summed E-state index contributed by atoms with van der Waals surface area (Å²) in [5, 5.41) is 3.18. The van der Waals surface area contributed by atoms with Gasteiger partial charge in [-0.25, -0.2) is 0 Å². The molecule has 1 nitrogen and oxygen atoms in total. The third kappa shape index (κ3) is 5.57. The van der Waals surface area contributed by atoms with E-state index >= 15 is 0 Å². The molecule has 0 radical (unpaired) electrons. The van der Waals surface area contributed by atoms with Gasteiger partial charge < -0.3 is 5.32 Å². The molecule has 0 fully saturated rings. The van der Waals surface area contributed by atoms with Crippen LogP contribution in [-0.2, 0) is 6.54 Å². The second-order valence-electron chi connectivity index (χ2n) is 5.34. The molecule has 0 aliphatic heterocycles. The molecule has 1 rings (SSSR count). The average Bonchev–Trinajstić information content (AvgIpc) is 2.17. The highest BCUT2D eigenvalue weighted by molar-refractivity contribution is 7.99. The fourth-order valence-electron chi connectivity index (χ4n) is 1.42. The number of nitrogens with one attached hydrogen (secondary N) is 1. The molecule has 1 aromatic rings. The van der Waals surface area contributed by atoms with Gasteiger partial charge in [0.25, 0.3) is 0 Å². The normalized spacial score (nSPS) is 11.8. The Bertz CT molecular complexity index is 315. The number of hydrogen-bond acceptors (Lipinski definition) is 2. The maximum Gasteiger partial charge on any atom is 0.0202 e. The molecule has 0 unspecified atom stereocenters. The quantitative estimate of drug-likeness (QED) is 0.779. The van der Waals surface area contributed by atoms with E-state index in [1.807, 2.05) is 18.8 Å². The Hall–Kier alpha value is -0.470. The lowest BCUT2D eigenvalue weighted by molar-refractivity contribution is 0.401. The molecule has 90 valence electrons. The molecule has 0 heterocycles. The Morgan fingerprint density at radius 3 is 2.62 bits per heavy atom. The SMILES string of the molecule is CNCc1cccc(SCCC(C)(C)C)c1. The fourth-order valence-corrected chi connectivity index (χ4v) is 2.78. The number of rotatable bonds is 5. The summed E-state index contributed by atoms with van der Waals surface area (Å²) in [6.45, 7) is 7.84. The fraction of sp³-hybridized carbons (Fsp3) is 0.571. The Labute approximate surface area is 104 Å². The van der Waals surface area contributed by atoms with Crippen molar-refractivity contribution in [1.29, 1.82) is 0 Å². The van der Waals surface area contributed by atoms with E-state index < -0.39 is 0 Å². The van der Waals surface area contributed by atoms with Crippen molar-refractivity contribution in [3.63, 3.8) is 0 Å². The summed E-state index contributed by atoms with van der Waals surface area (Å²) >= 11 is 1.96. The molecule has 0 saturated carbocycles. The predicted molar refractivity (Wildman–Crippen MR) is 74.0 cm³/mol. The van der Waals surface area contributed by atoms with Crippen molar-refractivity contribution < 1.29 is 0 Å². The number of benzene rings is 1. The van der Waals surface area contributed by atoms with Gasteiger partial charge in [0, 0.05) is 11.4 Å². The first-order chi connectivity index (χ1) is 7.51. The summed E-state index contributed by atoms with van der Waals surface area (Å²) in [5.74, 6) is 1.20. The first-order valence-corrected chi connectivity index (χ1v) is 6.86. The smallest absolute Gasteiger partial charge is 0.0202 e. The van der Waals surface area contributed by atoms with Crippen LogP contribution in [0, 0.1) is 5.41 Å². The summed E-state index contributed by atoms with van der Waals surface area (Å²) in [4.78, 5) is 1.39. The minimum absolute atomic E-state index is 0.440. The van der Waals surface area contributed by atoms with Gasteiger partial charge in [-0.05, 0) is 42.3 Å². The summed E-state index contributed by atoms with van der Waals surface area (Å²) in [5.41, 5.74) is 1.80. The summed E-state index contributed by atoms with van der Waals surface area (Å²) < 4.78 is 0. The molecular formula is C14H23NS. The summed E-state index contributed by atoms with van der Waals surface area (Å²) in [7, 11) is 1.99. The molecule has 16 heavy (non-hydrogen) atoms. The van der Waals surface area contributed by atoms with Crippen molar-refractivity contribution in [2.24, 2.45) is 5.41 Å². The standard InChI is InChI=1S/C14H23NS/c1-14(2,3)8-9-16-13-7-5-6-12(10-13)11-15-4/h5-7,10,15H,8-9,11H2,1-4H3. The molecule has 0 bridgehead atoms. The van der Waals surface area contributed by atoms with Crippen molar-refractivity contribution in [2.75, 3.05) is 12.8 Å². The van der Waals surface area contributed by atoms with Crippen LogP contribution in [-0.4, -0.2) is 12.8 Å². The molecule has 1 N–H and O–H groups in total. The van der Waals surface area contributed by atoms with Crippen LogP contribution in [0.25, 0.3) is 0 Å². The highest BCUT2D eigenvalue weighted by Gasteiger charge is 2.09. The van der Waals surface area contributed by atoms with Crippen LogP contribution in [0.4, 0.5) is 0 Å². The Balaban J connectivity index is 2.44. The van der Waals surface area contributed by atoms with Crippen LogP contribution in [0.2, 0.25) is 0 Å². The van der Waals surface area contributed by atoms with E-state index in [1.165, 1.54) is 22.6 Å². The zero-order valence-corrected chi connectivity index (χ0v) is 11.7. The lowest BCUT2D eigenvalue weighted by Gasteiger charge is -2.17. The minimum atomic E-state index is 0.440. The maximum absolute atomic E-state index is 3.18. The van der Waals surface area contributed by atoms with Gasteiger partial charge in [0.2, 0.25) is 0 Å². The Morgan fingerprint density at radius 1 is 1.25 bits per heavy atom. The Kier molecular flexibility index (Phi) is 5.36. The van der Waals surface area contributed by atoms with Crippen LogP contribution in [0.5, 0.6) is 0 Å². The van der Waals surface area contributed by atoms with Crippen LogP contribution in [0.15, 0.2) is 29.2 Å². The predicted octanol–water partition coefficient (Wildman–Crippen LogP) is 3.93. The monoisotopic (exact) mass is 237 g/mol. The van der Waals surface area contributed by atoms with Gasteiger partial charge in [0.15, 0.2) is 0 Å². The van der Waals surface area contributed by atoms with Gasteiger partial charge in [0.05, 0.1) is 0 Å². The van der Waals surface area contributed by atoms with Gasteiger partial charge >= 0.3 is 0 Å². The average molecular weight is 237 g/mol. The molecule has 0 atom stereocenters. The van der Waals surface area contributed by atoms with Gasteiger partial charge in [-0.15, -0.1) is 11.8 Å². The Morgan fingerprint density at radius 2 is 2.00 bits per heavy atom. The van der Waals surface area contributed by atoms with E-state index in [0.29, 0.717) is 5.41 Å². The van der Waals surface area contributed by atoms with Crippen molar-refractivity contribution in [3.05, 3.63) is 29.8 Å². The zero-order valence-electron chi connectivity index (χ0n) is 10.8. The molecule has 0 aromatic heterocycles. The second kappa shape index (κ2) is 6.31. The van der Waals surface area contributed by atoms with Gasteiger partial charge in [-0.3, -0.25) is 0 Å². The summed E-state index contributed by atoms with van der Waals surface area (Å²) in [6.07, 6.45) is 1.26. The molecule has 2 heteroatoms. The summed E-state index contributed by atoms with van der Waals surface area (Å²) in [6, 6.07) is 8.80. The minimum Gasteiger partial charge on any atom is -0.316 e. The van der Waals surface area contributed by atoms with E-state index in [4.69, 9.17) is 0 Å². The molecule has 0 aliphatic carbocycles. The number of hydrogen-bond donors (Lipinski definition) is 1. The van der Waals surface area contributed by atoms with E-state index in [-0.39, 0.29) is 0 Å². The molecule has 0 saturated heterocycles. The highest BCUT2D eigenvalue weighted by Crippen LogP contribution is 2.26. The van der Waals surface area contributed by atoms with Crippen molar-refractivity contribution in [1.82, 2.24) is 5.32 Å². The highest BCUT2D eigenvalue weighted by atomic mass is 32.2. The van der Waals surface area contributed by atoms with E-state index in [0.717, 1.165) is 6.54 Å². The first-order valence-electron chi connectivity index (χ1n) is 5.87. The maximum atomic E-state index is 3.18. The third-order valence-electron chi connectivity index (χ3n) is 2.40.